The van der Waals surface area contributed by atoms with Gasteiger partial charge >= 0.3 is 0 Å². The zero-order chi connectivity index (χ0) is 13.9. The summed E-state index contributed by atoms with van der Waals surface area (Å²) in [5, 5.41) is 3.32. The number of hydrogen-bond donors (Lipinski definition) is 1. The second-order valence-corrected chi connectivity index (χ2v) is 5.21. The topological polar surface area (TPSA) is 29.1 Å². The summed E-state index contributed by atoms with van der Waals surface area (Å²) in [5.74, 6) is 0.0922. The van der Waals surface area contributed by atoms with E-state index < -0.39 is 0 Å². The van der Waals surface area contributed by atoms with Gasteiger partial charge in [-0.2, -0.15) is 0 Å². The quantitative estimate of drug-likeness (QED) is 0.920. The molecule has 0 aliphatic carbocycles. The van der Waals surface area contributed by atoms with Crippen molar-refractivity contribution in [2.24, 2.45) is 0 Å². The van der Waals surface area contributed by atoms with E-state index in [-0.39, 0.29) is 17.5 Å². The lowest BCUT2D eigenvalue weighted by atomic mass is 9.93. The van der Waals surface area contributed by atoms with Crippen molar-refractivity contribution in [3.63, 3.8) is 0 Å². The number of carbonyl (C=O) groups excluding carboxylic acids is 1. The van der Waals surface area contributed by atoms with Crippen LogP contribution in [0.15, 0.2) is 48.5 Å². The van der Waals surface area contributed by atoms with E-state index in [1.165, 1.54) is 17.7 Å². The van der Waals surface area contributed by atoms with Crippen LogP contribution in [0.25, 0.3) is 0 Å². The maximum absolute atomic E-state index is 13.1. The molecule has 2 aromatic carbocycles. The molecule has 0 saturated carbocycles. The molecule has 0 amide bonds. The van der Waals surface area contributed by atoms with E-state index in [9.17, 15) is 9.18 Å². The number of rotatable bonds is 4. The second-order valence-electron chi connectivity index (χ2n) is 5.21. The van der Waals surface area contributed by atoms with E-state index in [4.69, 9.17) is 0 Å². The first-order valence-electron chi connectivity index (χ1n) is 6.81. The normalized spacial score (nSPS) is 16.6. The predicted molar refractivity (Wildman–Crippen MR) is 77.4 cm³/mol. The molecule has 2 aromatic rings. The Balaban J connectivity index is 1.66. The molecule has 0 saturated heterocycles. The Morgan fingerprint density at radius 1 is 1.20 bits per heavy atom. The second kappa shape index (κ2) is 5.45. The lowest BCUT2D eigenvalue weighted by Gasteiger charge is -2.09. The largest absolute Gasteiger partial charge is 0.384 e. The Labute approximate surface area is 117 Å². The van der Waals surface area contributed by atoms with Crippen molar-refractivity contribution in [1.29, 1.82) is 0 Å². The minimum Gasteiger partial charge on any atom is -0.384 e. The van der Waals surface area contributed by atoms with Gasteiger partial charge in [-0.1, -0.05) is 30.3 Å². The Morgan fingerprint density at radius 3 is 2.90 bits per heavy atom. The van der Waals surface area contributed by atoms with Gasteiger partial charge in [-0.05, 0) is 29.3 Å². The van der Waals surface area contributed by atoms with E-state index in [1.54, 1.807) is 12.1 Å². The summed E-state index contributed by atoms with van der Waals surface area (Å²) in [6.07, 6.45) is 0.803. The Morgan fingerprint density at radius 2 is 2.05 bits per heavy atom. The van der Waals surface area contributed by atoms with Crippen LogP contribution in [0.3, 0.4) is 0 Å². The molecule has 1 unspecified atom stereocenters. The summed E-state index contributed by atoms with van der Waals surface area (Å²) < 4.78 is 13.1. The van der Waals surface area contributed by atoms with Crippen molar-refractivity contribution in [3.8, 4) is 0 Å². The van der Waals surface area contributed by atoms with E-state index in [1.807, 2.05) is 18.2 Å². The number of halogens is 1. The number of benzene rings is 2. The van der Waals surface area contributed by atoms with Gasteiger partial charge in [0.05, 0.1) is 0 Å². The Bertz CT molecular complexity index is 638. The Kier molecular flexibility index (Phi) is 3.50. The number of anilines is 1. The number of hydrogen-bond acceptors (Lipinski definition) is 2. The van der Waals surface area contributed by atoms with Crippen LogP contribution in [0, 0.1) is 5.82 Å². The SMILES string of the molecule is O=C(Cc1cccc(F)c1)CC1CNc2ccccc21. The highest BCUT2D eigenvalue weighted by Gasteiger charge is 2.23. The van der Waals surface area contributed by atoms with Crippen LogP contribution in [0.1, 0.15) is 23.5 Å². The summed E-state index contributed by atoms with van der Waals surface area (Å²) in [4.78, 5) is 12.1. The smallest absolute Gasteiger partial charge is 0.137 e. The highest BCUT2D eigenvalue weighted by atomic mass is 19.1. The number of ketones is 1. The zero-order valence-electron chi connectivity index (χ0n) is 11.1. The number of para-hydroxylation sites is 1. The highest BCUT2D eigenvalue weighted by molar-refractivity contribution is 5.82. The number of fused-ring (bicyclic) bond motifs is 1. The Hall–Kier alpha value is -2.16. The van der Waals surface area contributed by atoms with Crippen molar-refractivity contribution in [1.82, 2.24) is 0 Å². The minimum atomic E-state index is -0.289. The van der Waals surface area contributed by atoms with Gasteiger partial charge < -0.3 is 5.32 Å². The molecule has 0 bridgehead atoms. The number of carbonyl (C=O) groups is 1. The summed E-state index contributed by atoms with van der Waals surface area (Å²) in [6.45, 7) is 0.800. The van der Waals surface area contributed by atoms with Crippen molar-refractivity contribution in [3.05, 3.63) is 65.5 Å². The molecular formula is C17H16FNO. The third kappa shape index (κ3) is 2.72. The van der Waals surface area contributed by atoms with E-state index in [2.05, 4.69) is 11.4 Å². The number of nitrogens with one attached hydrogen (secondary N) is 1. The van der Waals surface area contributed by atoms with Gasteiger partial charge in [0, 0.05) is 31.0 Å². The lowest BCUT2D eigenvalue weighted by molar-refractivity contribution is -0.118. The summed E-state index contributed by atoms with van der Waals surface area (Å²) >= 11 is 0. The van der Waals surface area contributed by atoms with E-state index in [0.717, 1.165) is 17.8 Å². The van der Waals surface area contributed by atoms with Crippen LogP contribution in [0.4, 0.5) is 10.1 Å². The van der Waals surface area contributed by atoms with Gasteiger partial charge in [-0.3, -0.25) is 4.79 Å². The molecule has 1 aliphatic rings. The molecule has 3 heteroatoms. The monoisotopic (exact) mass is 269 g/mol. The molecule has 20 heavy (non-hydrogen) atoms. The van der Waals surface area contributed by atoms with Gasteiger partial charge in [0.15, 0.2) is 0 Å². The van der Waals surface area contributed by atoms with Crippen LogP contribution < -0.4 is 5.32 Å². The van der Waals surface area contributed by atoms with E-state index in [0.29, 0.717) is 12.8 Å². The highest BCUT2D eigenvalue weighted by Crippen LogP contribution is 2.33. The van der Waals surface area contributed by atoms with Crippen molar-refractivity contribution in [2.45, 2.75) is 18.8 Å². The molecule has 0 aromatic heterocycles. The van der Waals surface area contributed by atoms with Crippen molar-refractivity contribution in [2.75, 3.05) is 11.9 Å². The fourth-order valence-electron chi connectivity index (χ4n) is 2.76. The summed E-state index contributed by atoms with van der Waals surface area (Å²) in [5.41, 5.74) is 3.07. The molecule has 2 nitrogen and oxygen atoms in total. The standard InChI is InChI=1S/C17H16FNO/c18-14-5-3-4-12(8-14)9-15(20)10-13-11-19-17-7-2-1-6-16(13)17/h1-8,13,19H,9-11H2. The molecule has 1 atom stereocenters. The van der Waals surface area contributed by atoms with Gasteiger partial charge in [0.2, 0.25) is 0 Å². The van der Waals surface area contributed by atoms with E-state index >= 15 is 0 Å². The van der Waals surface area contributed by atoms with Crippen molar-refractivity contribution < 1.29 is 9.18 Å². The molecule has 102 valence electrons. The first kappa shape index (κ1) is 12.9. The van der Waals surface area contributed by atoms with Gasteiger partial charge in [0.1, 0.15) is 11.6 Å². The average molecular weight is 269 g/mol. The van der Waals surface area contributed by atoms with Crippen LogP contribution in [0.2, 0.25) is 0 Å². The fraction of sp³-hybridized carbons (Fsp3) is 0.235. The summed E-state index contributed by atoms with van der Waals surface area (Å²) in [6, 6.07) is 14.3. The summed E-state index contributed by atoms with van der Waals surface area (Å²) in [7, 11) is 0. The maximum atomic E-state index is 13.1. The van der Waals surface area contributed by atoms with Gasteiger partial charge in [-0.15, -0.1) is 0 Å². The average Bonchev–Trinajstić information content (AvgIpc) is 2.82. The third-order valence-electron chi connectivity index (χ3n) is 3.70. The molecular weight excluding hydrogens is 253 g/mol. The molecule has 1 aliphatic heterocycles. The molecule has 1 N–H and O–H groups in total. The zero-order valence-corrected chi connectivity index (χ0v) is 11.1. The van der Waals surface area contributed by atoms with Crippen molar-refractivity contribution >= 4 is 11.5 Å². The third-order valence-corrected chi connectivity index (χ3v) is 3.70. The van der Waals surface area contributed by atoms with Gasteiger partial charge in [0.25, 0.3) is 0 Å². The molecule has 3 rings (SSSR count). The van der Waals surface area contributed by atoms with Crippen LogP contribution in [-0.2, 0) is 11.2 Å². The minimum absolute atomic E-state index is 0.152. The molecule has 0 fully saturated rings. The molecule has 1 heterocycles. The number of Topliss-reactive ketones (excluding diaryl/α,β-unsaturated/α-hetero) is 1. The first-order chi connectivity index (χ1) is 9.72. The van der Waals surface area contributed by atoms with Crippen LogP contribution in [0.5, 0.6) is 0 Å². The maximum Gasteiger partial charge on any atom is 0.137 e. The van der Waals surface area contributed by atoms with Crippen LogP contribution in [-0.4, -0.2) is 12.3 Å². The molecule has 0 spiro atoms. The first-order valence-corrected chi connectivity index (χ1v) is 6.81. The van der Waals surface area contributed by atoms with Crippen LogP contribution >= 0.6 is 0 Å². The van der Waals surface area contributed by atoms with Gasteiger partial charge in [-0.25, -0.2) is 4.39 Å². The fourth-order valence-corrected chi connectivity index (χ4v) is 2.76. The lowest BCUT2D eigenvalue weighted by Crippen LogP contribution is -2.11. The molecule has 0 radical (unpaired) electrons. The predicted octanol–water partition coefficient (Wildman–Crippen LogP) is 3.54.